The second-order valence-electron chi connectivity index (χ2n) is 4.48. The normalized spacial score (nSPS) is 17.8. The Morgan fingerprint density at radius 2 is 1.95 bits per heavy atom. The largest absolute Gasteiger partial charge is 0.396 e. The Hall–Kier alpha value is -0.0300. The van der Waals surface area contributed by atoms with Crippen LogP contribution in [0.2, 0.25) is 10.0 Å². The molecule has 1 aliphatic rings. The van der Waals surface area contributed by atoms with Crippen molar-refractivity contribution in [3.05, 3.63) is 33.8 Å². The third-order valence-corrected chi connectivity index (χ3v) is 3.88. The van der Waals surface area contributed by atoms with E-state index in [9.17, 15) is 5.11 Å². The summed E-state index contributed by atoms with van der Waals surface area (Å²) in [5, 5.41) is 13.9. The van der Waals surface area contributed by atoms with Crippen LogP contribution in [0.15, 0.2) is 18.2 Å². The lowest BCUT2D eigenvalue weighted by Gasteiger charge is -2.35. The molecule has 1 saturated heterocycles. The number of benzene rings is 1. The number of piperazine rings is 1. The molecule has 1 fully saturated rings. The molecule has 0 aromatic heterocycles. The molecular weight excluding hydrogens is 307 g/mol. The monoisotopic (exact) mass is 324 g/mol. The Bertz CT molecular complexity index is 397. The second kappa shape index (κ2) is 8.30. The minimum atomic E-state index is 0. The predicted octanol–water partition coefficient (Wildman–Crippen LogP) is 2.74. The van der Waals surface area contributed by atoms with Crippen LogP contribution in [0.25, 0.3) is 0 Å². The van der Waals surface area contributed by atoms with Gasteiger partial charge in [-0.05, 0) is 24.1 Å². The van der Waals surface area contributed by atoms with Crippen LogP contribution < -0.4 is 5.32 Å². The van der Waals surface area contributed by atoms with E-state index in [0.717, 1.165) is 31.7 Å². The van der Waals surface area contributed by atoms with Crippen molar-refractivity contribution in [2.24, 2.45) is 0 Å². The maximum absolute atomic E-state index is 9.26. The standard InChI is InChI=1S/C13H18Cl2N2O.ClH/c14-10-1-2-11(12(15)9-10)13(3-8-18)17-6-4-16-5-7-17;/h1-2,9,13,16,18H,3-8H2;1H/t13-;/m0./s1. The fraction of sp³-hybridized carbons (Fsp3) is 0.538. The van der Waals surface area contributed by atoms with Gasteiger partial charge in [0.05, 0.1) is 0 Å². The van der Waals surface area contributed by atoms with E-state index in [1.165, 1.54) is 0 Å². The third-order valence-electron chi connectivity index (χ3n) is 3.32. The molecule has 0 amide bonds. The minimum absolute atomic E-state index is 0. The predicted molar refractivity (Wildman–Crippen MR) is 82.6 cm³/mol. The molecule has 1 aliphatic heterocycles. The number of halogens is 3. The summed E-state index contributed by atoms with van der Waals surface area (Å²) in [6.45, 7) is 4.07. The summed E-state index contributed by atoms with van der Waals surface area (Å²) >= 11 is 12.2. The number of hydrogen-bond donors (Lipinski definition) is 2. The van der Waals surface area contributed by atoms with Gasteiger partial charge in [-0.25, -0.2) is 0 Å². The highest BCUT2D eigenvalue weighted by atomic mass is 35.5. The van der Waals surface area contributed by atoms with Crippen molar-refractivity contribution in [3.63, 3.8) is 0 Å². The maximum atomic E-state index is 9.26. The van der Waals surface area contributed by atoms with Crippen molar-refractivity contribution >= 4 is 35.6 Å². The van der Waals surface area contributed by atoms with Crippen molar-refractivity contribution in [2.45, 2.75) is 12.5 Å². The molecule has 2 N–H and O–H groups in total. The van der Waals surface area contributed by atoms with Gasteiger partial charge in [-0.3, -0.25) is 4.90 Å². The zero-order valence-electron chi connectivity index (χ0n) is 10.6. The Kier molecular flexibility index (Phi) is 7.44. The molecule has 0 saturated carbocycles. The molecule has 3 nitrogen and oxygen atoms in total. The van der Waals surface area contributed by atoms with Gasteiger partial charge in [-0.1, -0.05) is 29.3 Å². The minimum Gasteiger partial charge on any atom is -0.396 e. The van der Waals surface area contributed by atoms with Crippen molar-refractivity contribution in [3.8, 4) is 0 Å². The molecule has 0 aliphatic carbocycles. The van der Waals surface area contributed by atoms with Crippen molar-refractivity contribution < 1.29 is 5.11 Å². The molecule has 1 heterocycles. The quantitative estimate of drug-likeness (QED) is 0.893. The number of nitrogens with one attached hydrogen (secondary N) is 1. The number of rotatable bonds is 4. The fourth-order valence-corrected chi connectivity index (χ4v) is 2.96. The zero-order valence-corrected chi connectivity index (χ0v) is 12.9. The van der Waals surface area contributed by atoms with Crippen LogP contribution in [-0.4, -0.2) is 42.8 Å². The molecule has 0 spiro atoms. The third kappa shape index (κ3) is 4.48. The van der Waals surface area contributed by atoms with E-state index < -0.39 is 0 Å². The summed E-state index contributed by atoms with van der Waals surface area (Å²) < 4.78 is 0. The van der Waals surface area contributed by atoms with Gasteiger partial charge in [0, 0.05) is 48.9 Å². The number of hydrogen-bond acceptors (Lipinski definition) is 3. The van der Waals surface area contributed by atoms with E-state index in [2.05, 4.69) is 10.2 Å². The van der Waals surface area contributed by atoms with Crippen LogP contribution >= 0.6 is 35.6 Å². The summed E-state index contributed by atoms with van der Waals surface area (Å²) in [7, 11) is 0. The summed E-state index contributed by atoms with van der Waals surface area (Å²) in [5.41, 5.74) is 1.05. The number of aliphatic hydroxyl groups excluding tert-OH is 1. The molecule has 1 aromatic carbocycles. The number of nitrogens with zero attached hydrogens (tertiary/aromatic N) is 1. The van der Waals surface area contributed by atoms with Gasteiger partial charge in [0.25, 0.3) is 0 Å². The van der Waals surface area contributed by atoms with E-state index in [1.54, 1.807) is 6.07 Å². The van der Waals surface area contributed by atoms with Gasteiger partial charge in [0.15, 0.2) is 0 Å². The maximum Gasteiger partial charge on any atom is 0.0468 e. The summed E-state index contributed by atoms with van der Waals surface area (Å²) in [6, 6.07) is 5.76. The SMILES string of the molecule is Cl.OCC[C@@H](c1ccc(Cl)cc1Cl)N1CCNCC1. The van der Waals surface area contributed by atoms with Gasteiger partial charge >= 0.3 is 0 Å². The van der Waals surface area contributed by atoms with Crippen LogP contribution in [0.4, 0.5) is 0 Å². The number of aliphatic hydroxyl groups is 1. The average molecular weight is 326 g/mol. The molecule has 1 atom stereocenters. The first-order valence-corrected chi connectivity index (χ1v) is 6.98. The van der Waals surface area contributed by atoms with Crippen LogP contribution in [0.5, 0.6) is 0 Å². The summed E-state index contributed by atoms with van der Waals surface area (Å²) in [5.74, 6) is 0. The molecule has 19 heavy (non-hydrogen) atoms. The molecule has 6 heteroatoms. The Labute approximate surface area is 130 Å². The molecule has 0 radical (unpaired) electrons. The van der Waals surface area contributed by atoms with E-state index in [4.69, 9.17) is 23.2 Å². The Morgan fingerprint density at radius 1 is 1.26 bits per heavy atom. The van der Waals surface area contributed by atoms with Gasteiger partial charge in [-0.2, -0.15) is 0 Å². The van der Waals surface area contributed by atoms with Gasteiger partial charge < -0.3 is 10.4 Å². The van der Waals surface area contributed by atoms with Crippen LogP contribution in [0.1, 0.15) is 18.0 Å². The van der Waals surface area contributed by atoms with Crippen molar-refractivity contribution in [1.82, 2.24) is 10.2 Å². The molecular formula is C13H19Cl3N2O. The Balaban J connectivity index is 0.00000180. The van der Waals surface area contributed by atoms with E-state index in [-0.39, 0.29) is 25.1 Å². The molecule has 108 valence electrons. The highest BCUT2D eigenvalue weighted by molar-refractivity contribution is 6.35. The second-order valence-corrected chi connectivity index (χ2v) is 5.32. The first-order chi connectivity index (χ1) is 8.72. The van der Waals surface area contributed by atoms with Crippen molar-refractivity contribution in [2.75, 3.05) is 32.8 Å². The Morgan fingerprint density at radius 3 is 2.53 bits per heavy atom. The van der Waals surface area contributed by atoms with E-state index in [1.807, 2.05) is 12.1 Å². The van der Waals surface area contributed by atoms with Gasteiger partial charge in [0.2, 0.25) is 0 Å². The van der Waals surface area contributed by atoms with Crippen molar-refractivity contribution in [1.29, 1.82) is 0 Å². The van der Waals surface area contributed by atoms with Crippen LogP contribution in [0, 0.1) is 0 Å². The first-order valence-electron chi connectivity index (χ1n) is 6.23. The highest BCUT2D eigenvalue weighted by Crippen LogP contribution is 2.32. The smallest absolute Gasteiger partial charge is 0.0468 e. The highest BCUT2D eigenvalue weighted by Gasteiger charge is 2.23. The van der Waals surface area contributed by atoms with Crippen LogP contribution in [0.3, 0.4) is 0 Å². The molecule has 0 unspecified atom stereocenters. The zero-order chi connectivity index (χ0) is 13.0. The van der Waals surface area contributed by atoms with Crippen LogP contribution in [-0.2, 0) is 0 Å². The molecule has 2 rings (SSSR count). The molecule has 0 bridgehead atoms. The lowest BCUT2D eigenvalue weighted by Crippen LogP contribution is -2.45. The molecule has 1 aromatic rings. The first kappa shape index (κ1) is 17.0. The topological polar surface area (TPSA) is 35.5 Å². The van der Waals surface area contributed by atoms with E-state index >= 15 is 0 Å². The average Bonchev–Trinajstić information content (AvgIpc) is 2.38. The van der Waals surface area contributed by atoms with Gasteiger partial charge in [-0.15, -0.1) is 12.4 Å². The lowest BCUT2D eigenvalue weighted by molar-refractivity contribution is 0.141. The van der Waals surface area contributed by atoms with Gasteiger partial charge in [0.1, 0.15) is 0 Å². The lowest BCUT2D eigenvalue weighted by atomic mass is 10.0. The summed E-state index contributed by atoms with van der Waals surface area (Å²) in [4.78, 5) is 2.36. The fourth-order valence-electron chi connectivity index (χ4n) is 2.42. The summed E-state index contributed by atoms with van der Waals surface area (Å²) in [6.07, 6.45) is 0.696. The van der Waals surface area contributed by atoms with E-state index in [0.29, 0.717) is 16.5 Å².